The molecule has 0 aromatic carbocycles. The normalized spacial score (nSPS) is 24.5. The lowest BCUT2D eigenvalue weighted by molar-refractivity contribution is -0.0299. The van der Waals surface area contributed by atoms with E-state index in [1.54, 1.807) is 7.11 Å². The SMILES string of the molecule is COC1(C)CCN(S(N)(=O)=O)CC1. The number of hydrogen-bond acceptors (Lipinski definition) is 3. The lowest BCUT2D eigenvalue weighted by Crippen LogP contribution is -2.48. The van der Waals surface area contributed by atoms with E-state index in [0.717, 1.165) is 0 Å². The van der Waals surface area contributed by atoms with Gasteiger partial charge in [0.1, 0.15) is 0 Å². The van der Waals surface area contributed by atoms with Gasteiger partial charge in [-0.25, -0.2) is 5.14 Å². The standard InChI is InChI=1S/C7H16N2O3S/c1-7(12-2)3-5-9(6-4-7)13(8,10)11/h3-6H2,1-2H3,(H2,8,10,11). The van der Waals surface area contributed by atoms with Crippen LogP contribution in [-0.2, 0) is 14.9 Å². The van der Waals surface area contributed by atoms with Crippen molar-refractivity contribution < 1.29 is 13.2 Å². The lowest BCUT2D eigenvalue weighted by Gasteiger charge is -2.36. The summed E-state index contributed by atoms with van der Waals surface area (Å²) in [6.07, 6.45) is 1.39. The highest BCUT2D eigenvalue weighted by Crippen LogP contribution is 2.25. The second-order valence-electron chi connectivity index (χ2n) is 3.60. The average Bonchev–Trinajstić information content (AvgIpc) is 2.04. The molecule has 0 aliphatic carbocycles. The Morgan fingerprint density at radius 2 is 1.85 bits per heavy atom. The van der Waals surface area contributed by atoms with E-state index in [1.807, 2.05) is 6.92 Å². The minimum atomic E-state index is -3.51. The third-order valence-corrected chi connectivity index (χ3v) is 3.72. The van der Waals surface area contributed by atoms with Gasteiger partial charge in [-0.2, -0.15) is 12.7 Å². The van der Waals surface area contributed by atoms with E-state index in [1.165, 1.54) is 4.31 Å². The number of nitrogens with two attached hydrogens (primary N) is 1. The first-order valence-corrected chi connectivity index (χ1v) is 5.71. The molecule has 0 bridgehead atoms. The van der Waals surface area contributed by atoms with Crippen LogP contribution < -0.4 is 5.14 Å². The first-order chi connectivity index (χ1) is 5.87. The zero-order valence-corrected chi connectivity index (χ0v) is 8.80. The molecule has 0 aromatic heterocycles. The molecule has 5 nitrogen and oxygen atoms in total. The fraction of sp³-hybridized carbons (Fsp3) is 1.00. The third-order valence-electron chi connectivity index (χ3n) is 2.63. The van der Waals surface area contributed by atoms with E-state index in [0.29, 0.717) is 25.9 Å². The van der Waals surface area contributed by atoms with Crippen LogP contribution in [0.1, 0.15) is 19.8 Å². The highest BCUT2D eigenvalue weighted by Gasteiger charge is 2.33. The van der Waals surface area contributed by atoms with Gasteiger partial charge in [0.15, 0.2) is 0 Å². The van der Waals surface area contributed by atoms with Crippen LogP contribution in [0.15, 0.2) is 0 Å². The Labute approximate surface area is 79.0 Å². The molecule has 0 spiro atoms. The summed E-state index contributed by atoms with van der Waals surface area (Å²) in [5, 5.41) is 5.00. The van der Waals surface area contributed by atoms with Crippen LogP contribution in [-0.4, -0.2) is 38.5 Å². The predicted octanol–water partition coefficient (Wildman–Crippen LogP) is -0.309. The molecular weight excluding hydrogens is 192 g/mol. The van der Waals surface area contributed by atoms with E-state index in [2.05, 4.69) is 0 Å². The maximum Gasteiger partial charge on any atom is 0.276 e. The van der Waals surface area contributed by atoms with Gasteiger partial charge in [-0.05, 0) is 19.8 Å². The molecule has 0 atom stereocenters. The van der Waals surface area contributed by atoms with Crippen molar-refractivity contribution in [3.63, 3.8) is 0 Å². The van der Waals surface area contributed by atoms with Crippen molar-refractivity contribution in [2.24, 2.45) is 5.14 Å². The molecule has 1 fully saturated rings. The van der Waals surface area contributed by atoms with Crippen LogP contribution in [0.4, 0.5) is 0 Å². The van der Waals surface area contributed by atoms with Crippen LogP contribution in [0.2, 0.25) is 0 Å². The first kappa shape index (κ1) is 10.9. The molecule has 13 heavy (non-hydrogen) atoms. The Bertz CT molecular complexity index is 267. The summed E-state index contributed by atoms with van der Waals surface area (Å²) < 4.78 is 28.5. The lowest BCUT2D eigenvalue weighted by atomic mass is 9.95. The number of piperidine rings is 1. The number of hydrogen-bond donors (Lipinski definition) is 1. The summed E-state index contributed by atoms with van der Waals surface area (Å²) in [5.41, 5.74) is -0.193. The number of rotatable bonds is 2. The molecule has 2 N–H and O–H groups in total. The van der Waals surface area contributed by atoms with Gasteiger partial charge in [0.05, 0.1) is 5.60 Å². The maximum atomic E-state index is 10.9. The molecule has 1 heterocycles. The van der Waals surface area contributed by atoms with Gasteiger partial charge in [-0.3, -0.25) is 0 Å². The molecule has 1 aliphatic rings. The summed E-state index contributed by atoms with van der Waals surface area (Å²) >= 11 is 0. The van der Waals surface area contributed by atoms with Gasteiger partial charge in [-0.1, -0.05) is 0 Å². The molecule has 1 rings (SSSR count). The first-order valence-electron chi connectivity index (χ1n) is 4.20. The highest BCUT2D eigenvalue weighted by atomic mass is 32.2. The number of methoxy groups -OCH3 is 1. The monoisotopic (exact) mass is 208 g/mol. The maximum absolute atomic E-state index is 10.9. The zero-order chi connectivity index (χ0) is 10.1. The van der Waals surface area contributed by atoms with Crippen molar-refractivity contribution in [1.82, 2.24) is 4.31 Å². The second kappa shape index (κ2) is 3.53. The molecule has 0 saturated carbocycles. The Kier molecular flexibility index (Phi) is 2.96. The minimum absolute atomic E-state index is 0.193. The number of ether oxygens (including phenoxy) is 1. The molecule has 78 valence electrons. The van der Waals surface area contributed by atoms with Gasteiger partial charge >= 0.3 is 0 Å². The zero-order valence-electron chi connectivity index (χ0n) is 7.99. The van der Waals surface area contributed by atoms with Crippen molar-refractivity contribution in [3.05, 3.63) is 0 Å². The summed E-state index contributed by atoms with van der Waals surface area (Å²) in [7, 11) is -1.86. The van der Waals surface area contributed by atoms with E-state index in [4.69, 9.17) is 9.88 Å². The van der Waals surface area contributed by atoms with E-state index >= 15 is 0 Å². The molecule has 0 aromatic rings. The van der Waals surface area contributed by atoms with Gasteiger partial charge in [0, 0.05) is 20.2 Å². The molecule has 0 amide bonds. The van der Waals surface area contributed by atoms with Gasteiger partial charge in [0.25, 0.3) is 10.2 Å². The Balaban J connectivity index is 2.58. The van der Waals surface area contributed by atoms with Crippen LogP contribution in [0.3, 0.4) is 0 Å². The summed E-state index contributed by atoms with van der Waals surface area (Å²) in [6.45, 7) is 2.87. The Morgan fingerprint density at radius 1 is 1.38 bits per heavy atom. The third kappa shape index (κ3) is 2.63. The quantitative estimate of drug-likeness (QED) is 0.676. The largest absolute Gasteiger partial charge is 0.378 e. The van der Waals surface area contributed by atoms with E-state index < -0.39 is 10.2 Å². The summed E-state index contributed by atoms with van der Waals surface area (Å²) in [4.78, 5) is 0. The van der Waals surface area contributed by atoms with Gasteiger partial charge in [-0.15, -0.1) is 0 Å². The molecular formula is C7H16N2O3S. The van der Waals surface area contributed by atoms with E-state index in [-0.39, 0.29) is 5.60 Å². The molecule has 1 saturated heterocycles. The molecule has 0 radical (unpaired) electrons. The molecule has 6 heteroatoms. The van der Waals surface area contributed by atoms with Crippen LogP contribution in [0, 0.1) is 0 Å². The Hall–Kier alpha value is -0.170. The van der Waals surface area contributed by atoms with Crippen LogP contribution >= 0.6 is 0 Å². The fourth-order valence-electron chi connectivity index (χ4n) is 1.42. The van der Waals surface area contributed by atoms with Crippen molar-refractivity contribution in [3.8, 4) is 0 Å². The topological polar surface area (TPSA) is 72.6 Å². The van der Waals surface area contributed by atoms with Crippen molar-refractivity contribution in [2.45, 2.75) is 25.4 Å². The summed E-state index contributed by atoms with van der Waals surface area (Å²) in [6, 6.07) is 0. The average molecular weight is 208 g/mol. The smallest absolute Gasteiger partial charge is 0.276 e. The van der Waals surface area contributed by atoms with Crippen LogP contribution in [0.25, 0.3) is 0 Å². The highest BCUT2D eigenvalue weighted by molar-refractivity contribution is 7.86. The minimum Gasteiger partial charge on any atom is -0.378 e. The summed E-state index contributed by atoms with van der Waals surface area (Å²) in [5.74, 6) is 0. The number of nitrogens with zero attached hydrogens (tertiary/aromatic N) is 1. The fourth-order valence-corrected chi connectivity index (χ4v) is 2.11. The second-order valence-corrected chi connectivity index (χ2v) is 5.14. The van der Waals surface area contributed by atoms with E-state index in [9.17, 15) is 8.42 Å². The van der Waals surface area contributed by atoms with Gasteiger partial charge in [0.2, 0.25) is 0 Å². The molecule has 0 unspecified atom stereocenters. The Morgan fingerprint density at radius 3 is 2.15 bits per heavy atom. The predicted molar refractivity (Wildman–Crippen MR) is 49.3 cm³/mol. The van der Waals surface area contributed by atoms with Crippen LogP contribution in [0.5, 0.6) is 0 Å². The van der Waals surface area contributed by atoms with Crippen molar-refractivity contribution in [2.75, 3.05) is 20.2 Å². The van der Waals surface area contributed by atoms with Crippen molar-refractivity contribution in [1.29, 1.82) is 0 Å². The van der Waals surface area contributed by atoms with Crippen molar-refractivity contribution >= 4 is 10.2 Å². The molecule has 1 aliphatic heterocycles. The van der Waals surface area contributed by atoms with Gasteiger partial charge < -0.3 is 4.74 Å².